The van der Waals surface area contributed by atoms with Gasteiger partial charge < -0.3 is 5.11 Å². The van der Waals surface area contributed by atoms with Crippen molar-refractivity contribution in [2.24, 2.45) is 0 Å². The number of para-hydroxylation sites is 1. The van der Waals surface area contributed by atoms with E-state index in [9.17, 15) is 12.8 Å². The summed E-state index contributed by atoms with van der Waals surface area (Å²) < 4.78 is 40.4. The van der Waals surface area contributed by atoms with Crippen molar-refractivity contribution >= 4 is 15.7 Å². The number of aliphatic hydroxyl groups excluding tert-OH is 1. The Bertz CT molecular complexity index is 793. The highest BCUT2D eigenvalue weighted by Crippen LogP contribution is 2.18. The number of aliphatic hydroxyl groups is 1. The monoisotopic (exact) mass is 305 g/mol. The van der Waals surface area contributed by atoms with Crippen LogP contribution in [0.5, 0.6) is 0 Å². The van der Waals surface area contributed by atoms with Crippen LogP contribution in [0.2, 0.25) is 0 Å². The van der Waals surface area contributed by atoms with E-state index in [4.69, 9.17) is 5.11 Å². The van der Waals surface area contributed by atoms with Gasteiger partial charge in [-0.15, -0.1) is 0 Å². The van der Waals surface area contributed by atoms with Crippen molar-refractivity contribution in [3.05, 3.63) is 59.9 Å². The van der Waals surface area contributed by atoms with Crippen LogP contribution in [0.1, 0.15) is 5.56 Å². The molecule has 0 fully saturated rings. The predicted molar refractivity (Wildman–Crippen MR) is 77.6 cm³/mol. The van der Waals surface area contributed by atoms with Crippen LogP contribution < -0.4 is 4.72 Å². The topological polar surface area (TPSA) is 66.4 Å². The second kappa shape index (κ2) is 6.39. The molecule has 0 radical (unpaired) electrons. The first-order valence-electron chi connectivity index (χ1n) is 6.00. The van der Waals surface area contributed by atoms with Crippen molar-refractivity contribution in [1.29, 1.82) is 0 Å². The molecule has 0 atom stereocenters. The van der Waals surface area contributed by atoms with Crippen LogP contribution in [0.25, 0.3) is 0 Å². The van der Waals surface area contributed by atoms with Crippen LogP contribution in [0, 0.1) is 17.7 Å². The van der Waals surface area contributed by atoms with E-state index in [-0.39, 0.29) is 10.5 Å². The fraction of sp³-hybridized carbons (Fsp3) is 0.0667. The summed E-state index contributed by atoms with van der Waals surface area (Å²) in [6, 6.07) is 11.7. The van der Waals surface area contributed by atoms with Crippen molar-refractivity contribution < 1.29 is 17.9 Å². The van der Waals surface area contributed by atoms with Crippen molar-refractivity contribution in [2.45, 2.75) is 4.90 Å². The van der Waals surface area contributed by atoms with Crippen LogP contribution in [0.4, 0.5) is 10.1 Å². The molecule has 4 nitrogen and oxygen atoms in total. The zero-order valence-corrected chi connectivity index (χ0v) is 11.7. The van der Waals surface area contributed by atoms with Crippen molar-refractivity contribution in [1.82, 2.24) is 0 Å². The molecule has 2 N–H and O–H groups in total. The summed E-state index contributed by atoms with van der Waals surface area (Å²) in [5.74, 6) is 3.95. The van der Waals surface area contributed by atoms with Crippen LogP contribution in [-0.4, -0.2) is 20.1 Å². The van der Waals surface area contributed by atoms with Gasteiger partial charge in [-0.2, -0.15) is 0 Å². The van der Waals surface area contributed by atoms with Crippen LogP contribution in [0.3, 0.4) is 0 Å². The number of anilines is 1. The molecule has 2 rings (SSSR count). The van der Waals surface area contributed by atoms with E-state index in [1.165, 1.54) is 12.1 Å². The van der Waals surface area contributed by atoms with Crippen molar-refractivity contribution in [3.63, 3.8) is 0 Å². The molecule has 0 saturated heterocycles. The molecule has 2 aromatic rings. The second-order valence-electron chi connectivity index (χ2n) is 4.07. The summed E-state index contributed by atoms with van der Waals surface area (Å²) in [7, 11) is -3.86. The second-order valence-corrected chi connectivity index (χ2v) is 5.76. The molecule has 2 aromatic carbocycles. The molecule has 0 aliphatic carbocycles. The molecule has 0 saturated carbocycles. The highest BCUT2D eigenvalue weighted by atomic mass is 32.2. The fourth-order valence-corrected chi connectivity index (χ4v) is 2.69. The quantitative estimate of drug-likeness (QED) is 0.852. The minimum absolute atomic E-state index is 0.0303. The normalized spacial score (nSPS) is 10.6. The molecule has 0 amide bonds. The van der Waals surface area contributed by atoms with Gasteiger partial charge in [0.2, 0.25) is 0 Å². The molecular weight excluding hydrogens is 293 g/mol. The van der Waals surface area contributed by atoms with Crippen molar-refractivity contribution in [3.8, 4) is 11.8 Å². The predicted octanol–water partition coefficient (Wildman–Crippen LogP) is 1.97. The summed E-state index contributed by atoms with van der Waals surface area (Å²) in [6.07, 6.45) is 0. The Hall–Kier alpha value is -2.36. The van der Waals surface area contributed by atoms with E-state index in [2.05, 4.69) is 16.6 Å². The molecule has 108 valence electrons. The van der Waals surface area contributed by atoms with Crippen LogP contribution >= 0.6 is 0 Å². The third-order valence-electron chi connectivity index (χ3n) is 2.58. The van der Waals surface area contributed by atoms with Gasteiger partial charge >= 0.3 is 0 Å². The number of rotatable bonds is 3. The molecule has 0 aromatic heterocycles. The number of halogens is 1. The number of sulfonamides is 1. The fourth-order valence-electron chi connectivity index (χ4n) is 1.62. The zero-order valence-electron chi connectivity index (χ0n) is 10.9. The number of hydrogen-bond donors (Lipinski definition) is 2. The standard InChI is InChI=1S/C15H12FNO3S/c16-15-11-14(9-8-12(15)5-4-10-18)21(19,20)17-13-6-2-1-3-7-13/h1-3,6-9,11,17-18H,10H2. The molecule has 0 bridgehead atoms. The first kappa shape index (κ1) is 15.0. The van der Waals surface area contributed by atoms with Gasteiger partial charge in [0.25, 0.3) is 10.0 Å². The van der Waals surface area contributed by atoms with Gasteiger partial charge in [0.15, 0.2) is 0 Å². The van der Waals surface area contributed by atoms with Gasteiger partial charge in [-0.1, -0.05) is 30.0 Å². The maximum Gasteiger partial charge on any atom is 0.261 e. The largest absolute Gasteiger partial charge is 0.384 e. The first-order valence-corrected chi connectivity index (χ1v) is 7.48. The van der Waals surface area contributed by atoms with Gasteiger partial charge in [-0.05, 0) is 30.3 Å². The van der Waals surface area contributed by atoms with E-state index < -0.39 is 22.4 Å². The highest BCUT2D eigenvalue weighted by Gasteiger charge is 2.16. The molecule has 0 aliphatic rings. The van der Waals surface area contributed by atoms with Crippen molar-refractivity contribution in [2.75, 3.05) is 11.3 Å². The minimum Gasteiger partial charge on any atom is -0.384 e. The Labute approximate surface area is 122 Å². The lowest BCUT2D eigenvalue weighted by molar-refractivity contribution is 0.350. The summed E-state index contributed by atoms with van der Waals surface area (Å²) in [4.78, 5) is -0.196. The van der Waals surface area contributed by atoms with E-state index in [1.54, 1.807) is 30.3 Å². The Morgan fingerprint density at radius 2 is 1.86 bits per heavy atom. The van der Waals surface area contributed by atoms with Crippen LogP contribution in [0.15, 0.2) is 53.4 Å². The zero-order chi connectivity index (χ0) is 15.3. The van der Waals surface area contributed by atoms with E-state index in [0.717, 1.165) is 6.07 Å². The molecule has 21 heavy (non-hydrogen) atoms. The summed E-state index contributed by atoms with van der Waals surface area (Å²) in [5, 5.41) is 8.56. The average molecular weight is 305 g/mol. The molecule has 6 heteroatoms. The van der Waals surface area contributed by atoms with Gasteiger partial charge in [0, 0.05) is 5.69 Å². The maximum absolute atomic E-state index is 13.8. The Kier molecular flexibility index (Phi) is 4.58. The van der Waals surface area contributed by atoms with E-state index >= 15 is 0 Å². The summed E-state index contributed by atoms with van der Waals surface area (Å²) >= 11 is 0. The molecular formula is C15H12FNO3S. The first-order chi connectivity index (χ1) is 10.0. The van der Waals surface area contributed by atoms with Gasteiger partial charge in [-0.25, -0.2) is 12.8 Å². The lowest BCUT2D eigenvalue weighted by atomic mass is 10.2. The lowest BCUT2D eigenvalue weighted by Crippen LogP contribution is -2.13. The Balaban J connectivity index is 2.31. The molecule has 0 unspecified atom stereocenters. The smallest absolute Gasteiger partial charge is 0.261 e. The third kappa shape index (κ3) is 3.81. The Morgan fingerprint density at radius 1 is 1.14 bits per heavy atom. The summed E-state index contributed by atoms with van der Waals surface area (Å²) in [6.45, 7) is -0.394. The number of benzene rings is 2. The molecule has 0 spiro atoms. The molecule has 0 heterocycles. The minimum atomic E-state index is -3.86. The third-order valence-corrected chi connectivity index (χ3v) is 3.96. The van der Waals surface area contributed by atoms with Gasteiger partial charge in [0.05, 0.1) is 10.5 Å². The highest BCUT2D eigenvalue weighted by molar-refractivity contribution is 7.92. The average Bonchev–Trinajstić information content (AvgIpc) is 2.46. The maximum atomic E-state index is 13.8. The number of hydrogen-bond acceptors (Lipinski definition) is 3. The van der Waals surface area contributed by atoms with E-state index in [1.807, 2.05) is 0 Å². The molecule has 0 aliphatic heterocycles. The van der Waals surface area contributed by atoms with E-state index in [0.29, 0.717) is 5.69 Å². The SMILES string of the molecule is O=S(=O)(Nc1ccccc1)c1ccc(C#CCO)c(F)c1. The van der Waals surface area contributed by atoms with Gasteiger partial charge in [-0.3, -0.25) is 4.72 Å². The number of nitrogens with one attached hydrogen (secondary N) is 1. The van der Waals surface area contributed by atoms with Gasteiger partial charge in [0.1, 0.15) is 12.4 Å². The van der Waals surface area contributed by atoms with Crippen LogP contribution in [-0.2, 0) is 10.0 Å². The summed E-state index contributed by atoms with van der Waals surface area (Å²) in [5.41, 5.74) is 0.421. The lowest BCUT2D eigenvalue weighted by Gasteiger charge is -2.08. The Morgan fingerprint density at radius 3 is 2.48 bits per heavy atom.